The summed E-state index contributed by atoms with van der Waals surface area (Å²) in [6.07, 6.45) is 0.918. The first-order valence-corrected chi connectivity index (χ1v) is 17.6. The van der Waals surface area contributed by atoms with E-state index in [1.54, 1.807) is 0 Å². The Kier molecular flexibility index (Phi) is 5.08. The zero-order valence-corrected chi connectivity index (χ0v) is 27.2. The first-order valence-electron chi connectivity index (χ1n) is 17.6. The third kappa shape index (κ3) is 3.36. The maximum Gasteiger partial charge on any atom is 0.0620 e. The van der Waals surface area contributed by atoms with Gasteiger partial charge in [0.1, 0.15) is 0 Å². The molecule has 0 unspecified atom stereocenters. The van der Waals surface area contributed by atoms with E-state index >= 15 is 0 Å². The molecule has 50 heavy (non-hydrogen) atoms. The highest BCUT2D eigenvalue weighted by Gasteiger charge is 2.25. The normalized spacial score (nSPS) is 12.7. The largest absolute Gasteiger partial charge is 0.308 e. The zero-order chi connectivity index (χ0) is 32.5. The summed E-state index contributed by atoms with van der Waals surface area (Å²) >= 11 is 0. The van der Waals surface area contributed by atoms with Crippen LogP contribution < -0.4 is 0 Å². The molecule has 0 aliphatic heterocycles. The first kappa shape index (κ1) is 26.5. The summed E-state index contributed by atoms with van der Waals surface area (Å²) in [4.78, 5) is 0. The van der Waals surface area contributed by atoms with Crippen LogP contribution in [-0.2, 0) is 6.42 Å². The molecule has 11 aromatic rings. The highest BCUT2D eigenvalue weighted by molar-refractivity contribution is 6.26. The SMILES string of the molecule is c1cc(-c2ccc3c4ccccc4c4ccccc4c3c2)c2c(c1)-c1cccc(-c3ccc4c5cccc6c7ccccc7n(c4c3)c65)c1C2. The lowest BCUT2D eigenvalue weighted by Crippen LogP contribution is -1.91. The van der Waals surface area contributed by atoms with Crippen molar-refractivity contribution in [2.45, 2.75) is 6.42 Å². The van der Waals surface area contributed by atoms with Crippen LogP contribution in [0.5, 0.6) is 0 Å². The number of hydrogen-bond acceptors (Lipinski definition) is 0. The predicted molar refractivity (Wildman–Crippen MR) is 213 cm³/mol. The molecule has 12 rings (SSSR count). The minimum Gasteiger partial charge on any atom is -0.308 e. The summed E-state index contributed by atoms with van der Waals surface area (Å²) in [5.41, 5.74) is 14.6. The molecule has 1 aliphatic carbocycles. The molecular formula is C49H29N. The Labute approximate surface area is 288 Å². The molecule has 1 nitrogen and oxygen atoms in total. The monoisotopic (exact) mass is 631 g/mol. The highest BCUT2D eigenvalue weighted by atomic mass is 14.9. The number of nitrogens with zero attached hydrogens (tertiary/aromatic N) is 1. The van der Waals surface area contributed by atoms with E-state index in [1.807, 2.05) is 0 Å². The second kappa shape index (κ2) is 9.59. The third-order valence-corrected chi connectivity index (χ3v) is 11.6. The third-order valence-electron chi connectivity index (χ3n) is 11.6. The minimum absolute atomic E-state index is 0.918. The second-order valence-electron chi connectivity index (χ2n) is 14.0. The summed E-state index contributed by atoms with van der Waals surface area (Å²) in [6, 6.07) is 61.3. The molecule has 2 heterocycles. The van der Waals surface area contributed by atoms with E-state index in [1.165, 1.54) is 115 Å². The fourth-order valence-corrected chi connectivity index (χ4v) is 9.45. The molecule has 230 valence electrons. The van der Waals surface area contributed by atoms with Gasteiger partial charge in [-0.2, -0.15) is 0 Å². The van der Waals surface area contributed by atoms with Crippen LogP contribution in [0.15, 0.2) is 164 Å². The van der Waals surface area contributed by atoms with Crippen LogP contribution in [0.1, 0.15) is 11.1 Å². The Morgan fingerprint density at radius 1 is 0.300 bits per heavy atom. The van der Waals surface area contributed by atoms with Gasteiger partial charge in [-0.3, -0.25) is 0 Å². The highest BCUT2D eigenvalue weighted by Crippen LogP contribution is 2.47. The molecule has 0 bridgehead atoms. The van der Waals surface area contributed by atoms with Crippen LogP contribution in [0.25, 0.3) is 104 Å². The van der Waals surface area contributed by atoms with Crippen molar-refractivity contribution in [3.05, 3.63) is 175 Å². The van der Waals surface area contributed by atoms with Gasteiger partial charge in [0.05, 0.1) is 16.6 Å². The molecule has 0 radical (unpaired) electrons. The summed E-state index contributed by atoms with van der Waals surface area (Å²) < 4.78 is 2.49. The van der Waals surface area contributed by atoms with Crippen molar-refractivity contribution in [2.24, 2.45) is 0 Å². The van der Waals surface area contributed by atoms with Gasteiger partial charge >= 0.3 is 0 Å². The fourth-order valence-electron chi connectivity index (χ4n) is 9.45. The van der Waals surface area contributed by atoms with Crippen LogP contribution in [0.3, 0.4) is 0 Å². The number of hydrogen-bond donors (Lipinski definition) is 0. The topological polar surface area (TPSA) is 4.41 Å². The zero-order valence-electron chi connectivity index (χ0n) is 27.2. The maximum absolute atomic E-state index is 2.49. The van der Waals surface area contributed by atoms with Crippen molar-refractivity contribution in [1.29, 1.82) is 0 Å². The van der Waals surface area contributed by atoms with Crippen LogP contribution in [0, 0.1) is 0 Å². The molecule has 0 saturated heterocycles. The van der Waals surface area contributed by atoms with Gasteiger partial charge < -0.3 is 4.40 Å². The van der Waals surface area contributed by atoms with E-state index in [4.69, 9.17) is 0 Å². The van der Waals surface area contributed by atoms with Gasteiger partial charge in [0, 0.05) is 21.5 Å². The van der Waals surface area contributed by atoms with Crippen LogP contribution in [-0.4, -0.2) is 4.40 Å². The van der Waals surface area contributed by atoms with Crippen LogP contribution in [0.4, 0.5) is 0 Å². The minimum atomic E-state index is 0.918. The molecular weight excluding hydrogens is 603 g/mol. The summed E-state index contributed by atoms with van der Waals surface area (Å²) in [5, 5.41) is 13.2. The van der Waals surface area contributed by atoms with Crippen molar-refractivity contribution in [3.63, 3.8) is 0 Å². The Morgan fingerprint density at radius 2 is 0.740 bits per heavy atom. The van der Waals surface area contributed by atoms with E-state index in [0.29, 0.717) is 0 Å². The van der Waals surface area contributed by atoms with Crippen LogP contribution in [0.2, 0.25) is 0 Å². The molecule has 0 N–H and O–H groups in total. The van der Waals surface area contributed by atoms with Gasteiger partial charge in [-0.25, -0.2) is 0 Å². The molecule has 9 aromatic carbocycles. The number of para-hydroxylation sites is 2. The van der Waals surface area contributed by atoms with E-state index in [9.17, 15) is 0 Å². The number of benzene rings is 9. The molecule has 0 amide bonds. The smallest absolute Gasteiger partial charge is 0.0620 e. The average molecular weight is 632 g/mol. The summed E-state index contributed by atoms with van der Waals surface area (Å²) in [7, 11) is 0. The van der Waals surface area contributed by atoms with Gasteiger partial charge in [-0.1, -0.05) is 146 Å². The molecule has 0 saturated carbocycles. The maximum atomic E-state index is 2.49. The summed E-state index contributed by atoms with van der Waals surface area (Å²) in [5.74, 6) is 0. The first-order chi connectivity index (χ1) is 24.8. The van der Waals surface area contributed by atoms with Crippen LogP contribution >= 0.6 is 0 Å². The standard InChI is InChI=1S/C49H29N/c1-2-12-35-33(10-1)34-11-3-4-13-36(34)44-26-29(22-24-39(35)44)31-15-7-17-37-38-18-8-16-32(46(38)28-45(31)37)30-23-25-41-43-20-9-19-42-40-14-5-6-21-47(40)50(49(42)43)48(41)27-30/h1-27H,28H2. The second-order valence-corrected chi connectivity index (χ2v) is 14.0. The van der Waals surface area contributed by atoms with E-state index in [0.717, 1.165) is 6.42 Å². The Bertz CT molecular complexity index is 3190. The van der Waals surface area contributed by atoms with Gasteiger partial charge in [0.15, 0.2) is 0 Å². The lowest BCUT2D eigenvalue weighted by molar-refractivity contribution is 1.26. The Hall–Kier alpha value is -6.44. The van der Waals surface area contributed by atoms with Gasteiger partial charge in [0.25, 0.3) is 0 Å². The summed E-state index contributed by atoms with van der Waals surface area (Å²) in [6.45, 7) is 0. The van der Waals surface area contributed by atoms with Gasteiger partial charge in [0.2, 0.25) is 0 Å². The van der Waals surface area contributed by atoms with Crippen molar-refractivity contribution < 1.29 is 0 Å². The molecule has 0 spiro atoms. The van der Waals surface area contributed by atoms with Crippen molar-refractivity contribution in [2.75, 3.05) is 0 Å². The van der Waals surface area contributed by atoms with E-state index in [2.05, 4.69) is 168 Å². The van der Waals surface area contributed by atoms with Crippen molar-refractivity contribution in [1.82, 2.24) is 4.40 Å². The molecule has 1 aliphatic rings. The lowest BCUT2D eigenvalue weighted by Gasteiger charge is -2.14. The predicted octanol–water partition coefficient (Wildman–Crippen LogP) is 13.2. The lowest BCUT2D eigenvalue weighted by atomic mass is 9.90. The Balaban J connectivity index is 1.03. The number of rotatable bonds is 2. The average Bonchev–Trinajstić information content (AvgIpc) is 3.85. The molecule has 1 heteroatoms. The quantitative estimate of drug-likeness (QED) is 0.167. The van der Waals surface area contributed by atoms with E-state index in [-0.39, 0.29) is 0 Å². The van der Waals surface area contributed by atoms with Gasteiger partial charge in [-0.05, 0) is 101 Å². The molecule has 2 aromatic heterocycles. The number of fused-ring (bicyclic) bond motifs is 15. The molecule has 0 atom stereocenters. The van der Waals surface area contributed by atoms with Crippen molar-refractivity contribution in [3.8, 4) is 33.4 Å². The number of aromatic nitrogens is 1. The fraction of sp³-hybridized carbons (Fsp3) is 0.0204. The Morgan fingerprint density at radius 3 is 1.38 bits per heavy atom. The van der Waals surface area contributed by atoms with E-state index < -0.39 is 0 Å². The van der Waals surface area contributed by atoms with Gasteiger partial charge in [-0.15, -0.1) is 0 Å². The van der Waals surface area contributed by atoms with Crippen molar-refractivity contribution >= 4 is 70.4 Å². The molecule has 0 fully saturated rings.